The van der Waals surface area contributed by atoms with Gasteiger partial charge >= 0.3 is 0 Å². The zero-order valence-corrected chi connectivity index (χ0v) is 10.2. The Balaban J connectivity index is 2.26. The van der Waals surface area contributed by atoms with Gasteiger partial charge in [0.2, 0.25) is 0 Å². The first-order valence-corrected chi connectivity index (χ1v) is 5.56. The fourth-order valence-electron chi connectivity index (χ4n) is 1.81. The quantitative estimate of drug-likeness (QED) is 0.902. The number of hydrogen-bond acceptors (Lipinski definition) is 4. The highest BCUT2D eigenvalue weighted by Crippen LogP contribution is 2.29. The van der Waals surface area contributed by atoms with Crippen LogP contribution in [-0.2, 0) is 0 Å². The molecule has 94 valence electrons. The molecule has 1 atom stereocenters. The van der Waals surface area contributed by atoms with Crippen LogP contribution in [-0.4, -0.2) is 17.1 Å². The van der Waals surface area contributed by atoms with E-state index >= 15 is 0 Å². The van der Waals surface area contributed by atoms with Crippen LogP contribution in [0.2, 0.25) is 0 Å². The minimum Gasteiger partial charge on any atom is -0.496 e. The first-order valence-electron chi connectivity index (χ1n) is 5.56. The summed E-state index contributed by atoms with van der Waals surface area (Å²) in [7, 11) is 1.52. The van der Waals surface area contributed by atoms with E-state index in [0.717, 1.165) is 5.69 Å². The number of halogens is 1. The molecule has 0 fully saturated rings. The molecule has 1 aromatic heterocycles. The molecule has 0 aliphatic rings. The number of methoxy groups -OCH3 is 1. The van der Waals surface area contributed by atoms with E-state index in [2.05, 4.69) is 15.3 Å². The lowest BCUT2D eigenvalue weighted by molar-refractivity contribution is 0.402. The van der Waals surface area contributed by atoms with Crippen LogP contribution < -0.4 is 10.1 Å². The molecule has 4 nitrogen and oxygen atoms in total. The fourth-order valence-corrected chi connectivity index (χ4v) is 1.81. The molecule has 0 aliphatic heterocycles. The van der Waals surface area contributed by atoms with E-state index < -0.39 is 0 Å². The lowest BCUT2D eigenvalue weighted by Crippen LogP contribution is -2.10. The zero-order valence-electron chi connectivity index (χ0n) is 10.2. The van der Waals surface area contributed by atoms with E-state index in [0.29, 0.717) is 11.3 Å². The molecule has 2 rings (SSSR count). The minimum atomic E-state index is -0.300. The SMILES string of the molecule is COc1cccc(F)c1C(C)Nc1cncnc1. The Bertz CT molecular complexity index is 519. The number of benzene rings is 1. The lowest BCUT2D eigenvalue weighted by Gasteiger charge is -2.18. The van der Waals surface area contributed by atoms with Crippen LogP contribution in [0.25, 0.3) is 0 Å². The van der Waals surface area contributed by atoms with Crippen molar-refractivity contribution in [1.82, 2.24) is 9.97 Å². The predicted octanol–water partition coefficient (Wildman–Crippen LogP) is 2.80. The Kier molecular flexibility index (Phi) is 3.72. The maximum Gasteiger partial charge on any atom is 0.132 e. The van der Waals surface area contributed by atoms with Gasteiger partial charge in [-0.25, -0.2) is 14.4 Å². The lowest BCUT2D eigenvalue weighted by atomic mass is 10.1. The second-order valence-electron chi connectivity index (χ2n) is 3.85. The first kappa shape index (κ1) is 12.3. The van der Waals surface area contributed by atoms with Crippen LogP contribution in [0.3, 0.4) is 0 Å². The maximum absolute atomic E-state index is 13.8. The van der Waals surface area contributed by atoms with Gasteiger partial charge < -0.3 is 10.1 Å². The van der Waals surface area contributed by atoms with E-state index in [-0.39, 0.29) is 11.9 Å². The molecule has 1 N–H and O–H groups in total. The summed E-state index contributed by atoms with van der Waals surface area (Å²) < 4.78 is 19.0. The Labute approximate surface area is 105 Å². The Morgan fingerprint density at radius 2 is 2.00 bits per heavy atom. The van der Waals surface area contributed by atoms with Crippen molar-refractivity contribution < 1.29 is 9.13 Å². The summed E-state index contributed by atoms with van der Waals surface area (Å²) in [5.41, 5.74) is 1.22. The number of anilines is 1. The summed E-state index contributed by atoms with van der Waals surface area (Å²) in [6.07, 6.45) is 4.72. The van der Waals surface area contributed by atoms with Crippen molar-refractivity contribution in [1.29, 1.82) is 0 Å². The van der Waals surface area contributed by atoms with E-state index in [4.69, 9.17) is 4.74 Å². The highest BCUT2D eigenvalue weighted by Gasteiger charge is 2.16. The summed E-state index contributed by atoms with van der Waals surface area (Å²) in [4.78, 5) is 7.80. The number of ether oxygens (including phenoxy) is 1. The molecule has 2 aromatic rings. The van der Waals surface area contributed by atoms with Crippen molar-refractivity contribution in [3.05, 3.63) is 48.3 Å². The standard InChI is InChI=1S/C13H14FN3O/c1-9(17-10-6-15-8-16-7-10)13-11(14)4-3-5-12(13)18-2/h3-9,17H,1-2H3. The molecule has 0 amide bonds. The van der Waals surface area contributed by atoms with Crippen molar-refractivity contribution in [3.63, 3.8) is 0 Å². The molecule has 0 aliphatic carbocycles. The van der Waals surface area contributed by atoms with Crippen LogP contribution in [0, 0.1) is 5.82 Å². The summed E-state index contributed by atoms with van der Waals surface area (Å²) in [6, 6.07) is 4.53. The second-order valence-corrected chi connectivity index (χ2v) is 3.85. The summed E-state index contributed by atoms with van der Waals surface area (Å²) in [5, 5.41) is 3.13. The maximum atomic E-state index is 13.8. The Morgan fingerprint density at radius 1 is 1.28 bits per heavy atom. The smallest absolute Gasteiger partial charge is 0.132 e. The van der Waals surface area contributed by atoms with Gasteiger partial charge in [-0.3, -0.25) is 0 Å². The van der Waals surface area contributed by atoms with E-state index in [1.807, 2.05) is 6.92 Å². The monoisotopic (exact) mass is 247 g/mol. The molecule has 18 heavy (non-hydrogen) atoms. The summed E-state index contributed by atoms with van der Waals surface area (Å²) in [5.74, 6) is 0.220. The number of rotatable bonds is 4. The molecule has 0 spiro atoms. The topological polar surface area (TPSA) is 47.0 Å². The molecule has 1 unspecified atom stereocenters. The van der Waals surface area contributed by atoms with Crippen LogP contribution in [0.4, 0.5) is 10.1 Å². The average Bonchev–Trinajstić information content (AvgIpc) is 2.39. The fraction of sp³-hybridized carbons (Fsp3) is 0.231. The largest absolute Gasteiger partial charge is 0.496 e. The van der Waals surface area contributed by atoms with Gasteiger partial charge in [0.1, 0.15) is 17.9 Å². The number of nitrogens with zero attached hydrogens (tertiary/aromatic N) is 2. The number of nitrogens with one attached hydrogen (secondary N) is 1. The third kappa shape index (κ3) is 2.56. The van der Waals surface area contributed by atoms with Gasteiger partial charge in [-0.2, -0.15) is 0 Å². The summed E-state index contributed by atoms with van der Waals surface area (Å²) >= 11 is 0. The minimum absolute atomic E-state index is 0.243. The van der Waals surface area contributed by atoms with Crippen molar-refractivity contribution in [3.8, 4) is 5.75 Å². The highest BCUT2D eigenvalue weighted by molar-refractivity contribution is 5.45. The number of hydrogen-bond donors (Lipinski definition) is 1. The molecule has 0 bridgehead atoms. The predicted molar refractivity (Wildman–Crippen MR) is 67.0 cm³/mol. The van der Waals surface area contributed by atoms with Crippen LogP contribution in [0.1, 0.15) is 18.5 Å². The molecule has 5 heteroatoms. The van der Waals surface area contributed by atoms with Gasteiger partial charge in [-0.15, -0.1) is 0 Å². The molecule has 1 heterocycles. The summed E-state index contributed by atoms with van der Waals surface area (Å²) in [6.45, 7) is 1.86. The molecular formula is C13H14FN3O. The normalized spacial score (nSPS) is 11.9. The first-order chi connectivity index (χ1) is 8.72. The van der Waals surface area contributed by atoms with Crippen LogP contribution in [0.15, 0.2) is 36.9 Å². The van der Waals surface area contributed by atoms with Crippen molar-refractivity contribution in [2.24, 2.45) is 0 Å². The van der Waals surface area contributed by atoms with Gasteiger partial charge in [0.15, 0.2) is 0 Å². The molecule has 1 aromatic carbocycles. The van der Waals surface area contributed by atoms with Gasteiger partial charge in [0.25, 0.3) is 0 Å². The molecular weight excluding hydrogens is 233 g/mol. The Hall–Kier alpha value is -2.17. The number of aromatic nitrogens is 2. The van der Waals surface area contributed by atoms with E-state index in [9.17, 15) is 4.39 Å². The van der Waals surface area contributed by atoms with Gasteiger partial charge in [-0.1, -0.05) is 6.07 Å². The molecule has 0 saturated heterocycles. The van der Waals surface area contributed by atoms with Crippen LogP contribution in [0.5, 0.6) is 5.75 Å². The molecule has 0 saturated carbocycles. The average molecular weight is 247 g/mol. The van der Waals surface area contributed by atoms with Crippen molar-refractivity contribution in [2.75, 3.05) is 12.4 Å². The van der Waals surface area contributed by atoms with E-state index in [1.165, 1.54) is 19.5 Å². The van der Waals surface area contributed by atoms with Gasteiger partial charge in [-0.05, 0) is 19.1 Å². The van der Waals surface area contributed by atoms with Crippen molar-refractivity contribution >= 4 is 5.69 Å². The Morgan fingerprint density at radius 3 is 2.67 bits per heavy atom. The van der Waals surface area contributed by atoms with Gasteiger partial charge in [0.05, 0.1) is 36.8 Å². The van der Waals surface area contributed by atoms with Gasteiger partial charge in [0, 0.05) is 0 Å². The van der Waals surface area contributed by atoms with Crippen LogP contribution >= 0.6 is 0 Å². The third-order valence-electron chi connectivity index (χ3n) is 2.61. The zero-order chi connectivity index (χ0) is 13.0. The third-order valence-corrected chi connectivity index (χ3v) is 2.61. The highest BCUT2D eigenvalue weighted by atomic mass is 19.1. The molecule has 0 radical (unpaired) electrons. The van der Waals surface area contributed by atoms with Crippen molar-refractivity contribution in [2.45, 2.75) is 13.0 Å². The second kappa shape index (κ2) is 5.44. The van der Waals surface area contributed by atoms with E-state index in [1.54, 1.807) is 24.5 Å².